The largest absolute Gasteiger partial charge is 0.362 e. The number of nitrogens with one attached hydrogen (secondary N) is 2. The summed E-state index contributed by atoms with van der Waals surface area (Å²) >= 11 is 11.3. The fourth-order valence-corrected chi connectivity index (χ4v) is 2.54. The van der Waals surface area contributed by atoms with Crippen LogP contribution in [0.25, 0.3) is 0 Å². The Morgan fingerprint density at radius 2 is 2.05 bits per heavy atom. The SMILES string of the molecule is CC(C)CNC(=S)Nc1nc(Cl)cc(N2CCCCC2)n1. The van der Waals surface area contributed by atoms with Crippen molar-refractivity contribution in [3.8, 4) is 0 Å². The van der Waals surface area contributed by atoms with Crippen LogP contribution in [0.5, 0.6) is 0 Å². The van der Waals surface area contributed by atoms with E-state index in [0.717, 1.165) is 25.5 Å². The number of halogens is 1. The van der Waals surface area contributed by atoms with Gasteiger partial charge in [0.1, 0.15) is 11.0 Å². The summed E-state index contributed by atoms with van der Waals surface area (Å²) in [5.74, 6) is 1.84. The summed E-state index contributed by atoms with van der Waals surface area (Å²) in [6, 6.07) is 1.81. The van der Waals surface area contributed by atoms with Crippen LogP contribution in [0, 0.1) is 5.92 Å². The maximum Gasteiger partial charge on any atom is 0.232 e. The van der Waals surface area contributed by atoms with E-state index < -0.39 is 0 Å². The Morgan fingerprint density at radius 1 is 1.33 bits per heavy atom. The molecule has 2 heterocycles. The molecule has 21 heavy (non-hydrogen) atoms. The topological polar surface area (TPSA) is 53.1 Å². The number of anilines is 2. The van der Waals surface area contributed by atoms with Crippen LogP contribution in [0.3, 0.4) is 0 Å². The van der Waals surface area contributed by atoms with Crippen molar-refractivity contribution in [3.63, 3.8) is 0 Å². The van der Waals surface area contributed by atoms with Crippen molar-refractivity contribution in [2.45, 2.75) is 33.1 Å². The Kier molecular flexibility index (Phi) is 5.99. The van der Waals surface area contributed by atoms with Gasteiger partial charge in [0.05, 0.1) is 0 Å². The Morgan fingerprint density at radius 3 is 2.71 bits per heavy atom. The molecule has 1 aliphatic heterocycles. The second kappa shape index (κ2) is 7.75. The number of aromatic nitrogens is 2. The van der Waals surface area contributed by atoms with Crippen LogP contribution in [0.15, 0.2) is 6.07 Å². The lowest BCUT2D eigenvalue weighted by Crippen LogP contribution is -2.33. The normalized spacial score (nSPS) is 15.1. The monoisotopic (exact) mass is 327 g/mol. The molecule has 0 spiro atoms. The van der Waals surface area contributed by atoms with Crippen LogP contribution < -0.4 is 15.5 Å². The van der Waals surface area contributed by atoms with Gasteiger partial charge in [-0.15, -0.1) is 0 Å². The van der Waals surface area contributed by atoms with E-state index in [1.54, 1.807) is 0 Å². The first-order valence-corrected chi connectivity index (χ1v) is 8.17. The van der Waals surface area contributed by atoms with Gasteiger partial charge in [0.25, 0.3) is 0 Å². The van der Waals surface area contributed by atoms with Crippen molar-refractivity contribution >= 4 is 40.7 Å². The molecule has 0 saturated carbocycles. The molecule has 0 amide bonds. The number of hydrogen-bond acceptors (Lipinski definition) is 4. The van der Waals surface area contributed by atoms with Gasteiger partial charge in [0.15, 0.2) is 5.11 Å². The maximum atomic E-state index is 6.10. The maximum absolute atomic E-state index is 6.10. The average Bonchev–Trinajstić information content (AvgIpc) is 2.45. The lowest BCUT2D eigenvalue weighted by atomic mass is 10.1. The van der Waals surface area contributed by atoms with E-state index in [1.165, 1.54) is 19.3 Å². The Balaban J connectivity index is 2.02. The quantitative estimate of drug-likeness (QED) is 0.655. The van der Waals surface area contributed by atoms with Gasteiger partial charge in [-0.1, -0.05) is 25.4 Å². The summed E-state index contributed by atoms with van der Waals surface area (Å²) in [7, 11) is 0. The van der Waals surface area contributed by atoms with E-state index in [0.29, 0.717) is 22.1 Å². The summed E-state index contributed by atoms with van der Waals surface area (Å²) in [6.45, 7) is 7.09. The summed E-state index contributed by atoms with van der Waals surface area (Å²) in [5, 5.41) is 7.09. The summed E-state index contributed by atoms with van der Waals surface area (Å²) in [4.78, 5) is 10.9. The number of hydrogen-bond donors (Lipinski definition) is 2. The third kappa shape index (κ3) is 5.28. The number of nitrogens with zero attached hydrogens (tertiary/aromatic N) is 3. The van der Waals surface area contributed by atoms with Crippen molar-refractivity contribution in [1.29, 1.82) is 0 Å². The number of thiocarbonyl (C=S) groups is 1. The van der Waals surface area contributed by atoms with E-state index in [1.807, 2.05) is 6.07 Å². The third-order valence-electron chi connectivity index (χ3n) is 3.26. The average molecular weight is 328 g/mol. The minimum Gasteiger partial charge on any atom is -0.362 e. The van der Waals surface area contributed by atoms with Crippen molar-refractivity contribution in [2.24, 2.45) is 5.92 Å². The highest BCUT2D eigenvalue weighted by Gasteiger charge is 2.14. The van der Waals surface area contributed by atoms with Gasteiger partial charge in [-0.05, 0) is 37.4 Å². The molecule has 1 fully saturated rings. The molecule has 0 aliphatic carbocycles. The zero-order valence-corrected chi connectivity index (χ0v) is 14.1. The fraction of sp³-hybridized carbons (Fsp3) is 0.643. The molecular weight excluding hydrogens is 306 g/mol. The van der Waals surface area contributed by atoms with E-state index in [-0.39, 0.29) is 0 Å². The highest BCUT2D eigenvalue weighted by molar-refractivity contribution is 7.80. The Bertz CT molecular complexity index is 488. The standard InChI is InChI=1S/C14H22ClN5S/c1-10(2)9-16-14(21)19-13-17-11(15)8-12(18-13)20-6-4-3-5-7-20/h8,10H,3-7,9H2,1-2H3,(H2,16,17,18,19,21). The van der Waals surface area contributed by atoms with Crippen molar-refractivity contribution in [2.75, 3.05) is 29.9 Å². The molecule has 1 aliphatic rings. The van der Waals surface area contributed by atoms with E-state index in [4.69, 9.17) is 23.8 Å². The first-order chi connectivity index (χ1) is 10.0. The van der Waals surface area contributed by atoms with Crippen LogP contribution in [-0.2, 0) is 0 Å². The molecule has 116 valence electrons. The third-order valence-corrected chi connectivity index (χ3v) is 3.70. The van der Waals surface area contributed by atoms with Gasteiger partial charge in [-0.3, -0.25) is 0 Å². The molecule has 1 saturated heterocycles. The zero-order valence-electron chi connectivity index (χ0n) is 12.5. The Labute approximate surface area is 136 Å². The lowest BCUT2D eigenvalue weighted by Gasteiger charge is -2.27. The highest BCUT2D eigenvalue weighted by Crippen LogP contribution is 2.21. The van der Waals surface area contributed by atoms with Crippen LogP contribution in [-0.4, -0.2) is 34.7 Å². The minimum atomic E-state index is 0.430. The Hall–Kier alpha value is -1.14. The van der Waals surface area contributed by atoms with Crippen molar-refractivity contribution in [1.82, 2.24) is 15.3 Å². The van der Waals surface area contributed by atoms with Crippen molar-refractivity contribution in [3.05, 3.63) is 11.2 Å². The summed E-state index contributed by atoms with van der Waals surface area (Å²) in [6.07, 6.45) is 3.67. The molecule has 1 aromatic rings. The summed E-state index contributed by atoms with van der Waals surface area (Å²) in [5.41, 5.74) is 0. The van der Waals surface area contributed by atoms with Crippen LogP contribution in [0.2, 0.25) is 5.15 Å². The molecule has 0 aromatic carbocycles. The van der Waals surface area contributed by atoms with Gasteiger partial charge in [0.2, 0.25) is 5.95 Å². The predicted molar refractivity (Wildman–Crippen MR) is 92.2 cm³/mol. The number of rotatable bonds is 4. The molecule has 2 N–H and O–H groups in total. The molecule has 2 rings (SSSR count). The fourth-order valence-electron chi connectivity index (χ4n) is 2.19. The minimum absolute atomic E-state index is 0.430. The van der Waals surface area contributed by atoms with Crippen LogP contribution in [0.4, 0.5) is 11.8 Å². The molecule has 0 atom stereocenters. The highest BCUT2D eigenvalue weighted by atomic mass is 35.5. The first kappa shape index (κ1) is 16.2. The molecular formula is C14H22ClN5S. The molecule has 0 unspecified atom stereocenters. The smallest absolute Gasteiger partial charge is 0.232 e. The predicted octanol–water partition coefficient (Wildman–Crippen LogP) is 3.06. The van der Waals surface area contributed by atoms with Crippen LogP contribution in [0.1, 0.15) is 33.1 Å². The van der Waals surface area contributed by atoms with Gasteiger partial charge in [-0.25, -0.2) is 4.98 Å². The van der Waals surface area contributed by atoms with Crippen molar-refractivity contribution < 1.29 is 0 Å². The van der Waals surface area contributed by atoms with Gasteiger partial charge in [-0.2, -0.15) is 4.98 Å². The lowest BCUT2D eigenvalue weighted by molar-refractivity contribution is 0.573. The van der Waals surface area contributed by atoms with Gasteiger partial charge in [0, 0.05) is 25.7 Å². The molecule has 0 bridgehead atoms. The first-order valence-electron chi connectivity index (χ1n) is 7.39. The van der Waals surface area contributed by atoms with E-state index >= 15 is 0 Å². The number of piperidine rings is 1. The van der Waals surface area contributed by atoms with Crippen LogP contribution >= 0.6 is 23.8 Å². The molecule has 0 radical (unpaired) electrons. The molecule has 7 heteroatoms. The van der Waals surface area contributed by atoms with E-state index in [2.05, 4.69) is 39.3 Å². The van der Waals surface area contributed by atoms with Gasteiger partial charge < -0.3 is 15.5 Å². The second-order valence-electron chi connectivity index (χ2n) is 5.65. The summed E-state index contributed by atoms with van der Waals surface area (Å²) < 4.78 is 0. The molecule has 5 nitrogen and oxygen atoms in total. The zero-order chi connectivity index (χ0) is 15.2. The van der Waals surface area contributed by atoms with E-state index in [9.17, 15) is 0 Å². The van der Waals surface area contributed by atoms with Gasteiger partial charge >= 0.3 is 0 Å². The molecule has 1 aromatic heterocycles. The second-order valence-corrected chi connectivity index (χ2v) is 6.44.